The molecule has 1 aliphatic heterocycles. The first-order valence-electron chi connectivity index (χ1n) is 4.14. The van der Waals surface area contributed by atoms with Crippen molar-refractivity contribution < 1.29 is 21.7 Å². The topological polar surface area (TPSA) is 86.2 Å². The second-order valence-electron chi connectivity index (χ2n) is 2.75. The molecule has 9 heteroatoms. The molecular weight excluding hydrogens is 244 g/mol. The quantitative estimate of drug-likeness (QED) is 0.499. The molecule has 8 nitrogen and oxygen atoms in total. The van der Waals surface area contributed by atoms with Gasteiger partial charge < -0.3 is 30.0 Å². The Balaban J connectivity index is 0.000000963. The third-order valence-electron chi connectivity index (χ3n) is 1.84. The Morgan fingerprint density at radius 2 is 1.44 bits per heavy atom. The first-order valence-corrected chi connectivity index (χ1v) is 4.14. The van der Waals surface area contributed by atoms with Crippen molar-refractivity contribution in [2.45, 2.75) is 0 Å². The predicted octanol–water partition coefficient (Wildman–Crippen LogP) is -0.904. The van der Waals surface area contributed by atoms with Gasteiger partial charge in [-0.15, -0.1) is 0 Å². The van der Waals surface area contributed by atoms with E-state index in [4.69, 9.17) is 0 Å². The number of anilines is 2. The van der Waals surface area contributed by atoms with Crippen LogP contribution in [0.5, 0.6) is 0 Å². The maximum Gasteiger partial charge on any atom is 3.00 e. The number of nitrogens with zero attached hydrogens (tertiary/aromatic N) is 8. The Kier molecular flexibility index (Phi) is 3.02. The van der Waals surface area contributed by atoms with Crippen LogP contribution in [0.1, 0.15) is 0 Å². The molecule has 3 rings (SSSR count). The van der Waals surface area contributed by atoms with Gasteiger partial charge in [-0.25, -0.2) is 6.67 Å². The van der Waals surface area contributed by atoms with Crippen LogP contribution in [-0.4, -0.2) is 20.4 Å². The molecule has 0 saturated carbocycles. The maximum atomic E-state index is 3.95. The smallest absolute Gasteiger partial charge is 0.525 e. The van der Waals surface area contributed by atoms with Gasteiger partial charge in [-0.3, -0.25) is 10.2 Å². The van der Waals surface area contributed by atoms with Gasteiger partial charge in [-0.05, 0) is 0 Å². The summed E-state index contributed by atoms with van der Waals surface area (Å²) < 4.78 is 0. The van der Waals surface area contributed by atoms with E-state index in [0.29, 0.717) is 11.9 Å². The fourth-order valence-electron chi connectivity index (χ4n) is 1.19. The van der Waals surface area contributed by atoms with Crippen LogP contribution in [-0.2, 0) is 21.7 Å². The second-order valence-corrected chi connectivity index (χ2v) is 2.75. The van der Waals surface area contributed by atoms with Crippen molar-refractivity contribution in [3.05, 3.63) is 31.7 Å². The van der Waals surface area contributed by atoms with E-state index in [1.807, 2.05) is 0 Å². The van der Waals surface area contributed by atoms with E-state index in [2.05, 4.69) is 30.4 Å². The van der Waals surface area contributed by atoms with Crippen molar-refractivity contribution in [2.24, 2.45) is 0 Å². The van der Waals surface area contributed by atoms with E-state index in [1.54, 1.807) is 28.9 Å². The van der Waals surface area contributed by atoms with Gasteiger partial charge in [0.2, 0.25) is 0 Å². The van der Waals surface area contributed by atoms with Crippen LogP contribution >= 0.6 is 0 Å². The van der Waals surface area contributed by atoms with Crippen molar-refractivity contribution in [1.29, 1.82) is 0 Å². The van der Waals surface area contributed by atoms with Crippen LogP contribution in [0, 0.1) is 6.67 Å². The molecule has 0 aliphatic carbocycles. The monoisotopic (exact) mass is 249 g/mol. The third-order valence-corrected chi connectivity index (χ3v) is 1.84. The number of hydrogen-bond donors (Lipinski definition) is 0. The van der Waals surface area contributed by atoms with E-state index in [1.165, 1.54) is 12.7 Å². The minimum absolute atomic E-state index is 0. The summed E-state index contributed by atoms with van der Waals surface area (Å²) in [7, 11) is 0. The Hall–Kier alpha value is -1.67. The maximum absolute atomic E-state index is 3.95. The molecule has 0 unspecified atom stereocenters. The van der Waals surface area contributed by atoms with Gasteiger partial charge in [0.25, 0.3) is 0 Å². The zero-order valence-electron chi connectivity index (χ0n) is 7.96. The molecule has 0 saturated heterocycles. The number of hydrogen-bond acceptors (Lipinski definition) is 6. The second kappa shape index (κ2) is 4.46. The van der Waals surface area contributed by atoms with Crippen molar-refractivity contribution in [3.8, 4) is 0 Å². The van der Waals surface area contributed by atoms with Crippen LogP contribution in [0.3, 0.4) is 0 Å². The van der Waals surface area contributed by atoms with Crippen LogP contribution in [0.2, 0.25) is 0 Å². The van der Waals surface area contributed by atoms with Gasteiger partial charge in [0.1, 0.15) is 0 Å². The summed E-state index contributed by atoms with van der Waals surface area (Å²) in [4.78, 5) is 11.3. The molecule has 2 aromatic rings. The standard InChI is InChI=1S/C7H5N8.Ti/c1-2-15(7-9-4-11-13-7)5-14(1)6-8-3-10-12-6;/h1-5H;/q-3;+3. The average Bonchev–Trinajstić information content (AvgIpc) is 3.02. The summed E-state index contributed by atoms with van der Waals surface area (Å²) in [5.74, 6) is 1.02. The number of aromatic nitrogens is 6. The molecule has 0 amide bonds. The Labute approximate surface area is 106 Å². The Morgan fingerprint density at radius 1 is 0.938 bits per heavy atom. The van der Waals surface area contributed by atoms with E-state index >= 15 is 0 Å². The van der Waals surface area contributed by atoms with Gasteiger partial charge in [0.05, 0.1) is 11.9 Å². The Bertz CT molecular complexity index is 406. The zero-order chi connectivity index (χ0) is 10.1. The summed E-state index contributed by atoms with van der Waals surface area (Å²) in [6.07, 6.45) is 6.35. The largest absolute Gasteiger partial charge is 3.00 e. The zero-order valence-corrected chi connectivity index (χ0v) is 9.53. The molecule has 3 heterocycles. The van der Waals surface area contributed by atoms with Gasteiger partial charge in [0, 0.05) is 12.7 Å². The first-order chi connectivity index (χ1) is 7.43. The molecular formula is C7H5N8Ti. The minimum Gasteiger partial charge on any atom is -0.525 e. The fraction of sp³-hybridized carbons (Fsp3) is 0. The van der Waals surface area contributed by atoms with Crippen molar-refractivity contribution in [3.63, 3.8) is 0 Å². The van der Waals surface area contributed by atoms with Gasteiger partial charge >= 0.3 is 21.7 Å². The van der Waals surface area contributed by atoms with E-state index in [-0.39, 0.29) is 21.7 Å². The van der Waals surface area contributed by atoms with E-state index in [0.717, 1.165) is 0 Å². The first kappa shape index (κ1) is 10.8. The van der Waals surface area contributed by atoms with Crippen molar-refractivity contribution in [2.75, 3.05) is 9.80 Å². The molecule has 77 valence electrons. The molecule has 0 spiro atoms. The Morgan fingerprint density at radius 3 is 1.81 bits per heavy atom. The van der Waals surface area contributed by atoms with Crippen LogP contribution in [0.4, 0.5) is 11.9 Å². The predicted molar refractivity (Wildman–Crippen MR) is 49.1 cm³/mol. The molecule has 0 fully saturated rings. The summed E-state index contributed by atoms with van der Waals surface area (Å²) >= 11 is 0. The van der Waals surface area contributed by atoms with Crippen molar-refractivity contribution >= 4 is 11.9 Å². The van der Waals surface area contributed by atoms with Gasteiger partial charge in [-0.2, -0.15) is 0 Å². The number of rotatable bonds is 2. The molecule has 2 aromatic heterocycles. The molecule has 1 radical (unpaired) electrons. The van der Waals surface area contributed by atoms with Crippen molar-refractivity contribution in [1.82, 2.24) is 30.4 Å². The van der Waals surface area contributed by atoms with Gasteiger partial charge in [0.15, 0.2) is 0 Å². The molecule has 0 atom stereocenters. The van der Waals surface area contributed by atoms with Crippen LogP contribution in [0.15, 0.2) is 25.1 Å². The fourth-order valence-corrected chi connectivity index (χ4v) is 1.19. The van der Waals surface area contributed by atoms with E-state index < -0.39 is 0 Å². The third kappa shape index (κ3) is 1.84. The normalized spacial score (nSPS) is 14.2. The molecule has 16 heavy (non-hydrogen) atoms. The van der Waals surface area contributed by atoms with Crippen LogP contribution < -0.4 is 19.8 Å². The van der Waals surface area contributed by atoms with Gasteiger partial charge in [-0.1, -0.05) is 12.4 Å². The van der Waals surface area contributed by atoms with E-state index in [9.17, 15) is 0 Å². The summed E-state index contributed by atoms with van der Waals surface area (Å²) in [5, 5.41) is 14.9. The average molecular weight is 249 g/mol. The molecule has 0 bridgehead atoms. The summed E-state index contributed by atoms with van der Waals surface area (Å²) in [6.45, 7) is 1.74. The molecule has 1 aliphatic rings. The summed E-state index contributed by atoms with van der Waals surface area (Å²) in [5.41, 5.74) is 0. The van der Waals surface area contributed by atoms with Crippen LogP contribution in [0.25, 0.3) is 0 Å². The minimum atomic E-state index is 0. The molecule has 0 N–H and O–H groups in total. The molecule has 0 aromatic carbocycles. The summed E-state index contributed by atoms with van der Waals surface area (Å²) in [6, 6.07) is 0. The SMILES string of the molecule is C1=CN(c2nnc[n-]2)[CH-]N1c1nnc[n-]1.[Ti+3].